The van der Waals surface area contributed by atoms with Gasteiger partial charge in [0.1, 0.15) is 5.75 Å². The Balaban J connectivity index is 1.50. The second-order valence-electron chi connectivity index (χ2n) is 6.10. The molecule has 2 aromatic rings. The van der Waals surface area contributed by atoms with Gasteiger partial charge in [-0.25, -0.2) is 0 Å². The molecule has 0 aliphatic carbocycles. The summed E-state index contributed by atoms with van der Waals surface area (Å²) < 4.78 is 11.2. The number of piperidine rings is 1. The molecule has 1 fully saturated rings. The highest BCUT2D eigenvalue weighted by atomic mass is 79.9. The van der Waals surface area contributed by atoms with Gasteiger partial charge in [-0.2, -0.15) is 0 Å². The van der Waals surface area contributed by atoms with Crippen molar-refractivity contribution >= 4 is 27.7 Å². The normalized spacial score (nSPS) is 14.9. The van der Waals surface area contributed by atoms with Crippen molar-refractivity contribution in [2.45, 2.75) is 25.8 Å². The van der Waals surface area contributed by atoms with Crippen LogP contribution in [-0.4, -0.2) is 42.5 Å². The molecule has 138 valence electrons. The van der Waals surface area contributed by atoms with E-state index in [4.69, 9.17) is 9.15 Å². The standard InChI is InChI=1S/C19H21BrN2O4/c1-2-25-15-5-3-13(4-6-15)18(23)21-14-9-11-22(12-10-14)19(24)16-7-8-17(20)26-16/h3-8,14H,2,9-12H2,1H3,(H,21,23). The van der Waals surface area contributed by atoms with Crippen LogP contribution in [-0.2, 0) is 0 Å². The van der Waals surface area contributed by atoms with E-state index in [-0.39, 0.29) is 17.9 Å². The number of ether oxygens (including phenoxy) is 1. The summed E-state index contributed by atoms with van der Waals surface area (Å²) in [6, 6.07) is 10.5. The highest BCUT2D eigenvalue weighted by Gasteiger charge is 2.26. The van der Waals surface area contributed by atoms with Crippen LogP contribution < -0.4 is 10.1 Å². The van der Waals surface area contributed by atoms with Gasteiger partial charge in [-0.1, -0.05) is 0 Å². The average molecular weight is 421 g/mol. The maximum atomic E-state index is 12.4. The second-order valence-corrected chi connectivity index (χ2v) is 6.88. The zero-order valence-electron chi connectivity index (χ0n) is 14.5. The molecular weight excluding hydrogens is 400 g/mol. The molecule has 0 spiro atoms. The van der Waals surface area contributed by atoms with E-state index >= 15 is 0 Å². The maximum absolute atomic E-state index is 12.4. The second kappa shape index (κ2) is 8.40. The lowest BCUT2D eigenvalue weighted by Gasteiger charge is -2.31. The van der Waals surface area contributed by atoms with E-state index < -0.39 is 0 Å². The summed E-state index contributed by atoms with van der Waals surface area (Å²) >= 11 is 3.20. The highest BCUT2D eigenvalue weighted by molar-refractivity contribution is 9.10. The topological polar surface area (TPSA) is 71.8 Å². The van der Waals surface area contributed by atoms with E-state index in [2.05, 4.69) is 21.2 Å². The van der Waals surface area contributed by atoms with Gasteiger partial charge in [0.25, 0.3) is 11.8 Å². The number of halogens is 1. The number of nitrogens with zero attached hydrogens (tertiary/aromatic N) is 1. The van der Waals surface area contributed by atoms with Gasteiger partial charge in [0.2, 0.25) is 0 Å². The Bertz CT molecular complexity index is 764. The van der Waals surface area contributed by atoms with E-state index in [9.17, 15) is 9.59 Å². The quantitative estimate of drug-likeness (QED) is 0.803. The molecule has 3 rings (SSSR count). The first-order valence-electron chi connectivity index (χ1n) is 8.65. The maximum Gasteiger partial charge on any atom is 0.289 e. The fourth-order valence-electron chi connectivity index (χ4n) is 2.95. The summed E-state index contributed by atoms with van der Waals surface area (Å²) in [4.78, 5) is 26.5. The van der Waals surface area contributed by atoms with E-state index in [0.717, 1.165) is 18.6 Å². The Morgan fingerprint density at radius 2 is 1.88 bits per heavy atom. The lowest BCUT2D eigenvalue weighted by atomic mass is 10.0. The van der Waals surface area contributed by atoms with Crippen LogP contribution in [0.25, 0.3) is 0 Å². The summed E-state index contributed by atoms with van der Waals surface area (Å²) in [7, 11) is 0. The zero-order valence-corrected chi connectivity index (χ0v) is 16.1. The Morgan fingerprint density at radius 3 is 2.46 bits per heavy atom. The van der Waals surface area contributed by atoms with Gasteiger partial charge in [-0.05, 0) is 72.1 Å². The molecule has 1 saturated heterocycles. The van der Waals surface area contributed by atoms with Gasteiger partial charge in [0, 0.05) is 24.7 Å². The fourth-order valence-corrected chi connectivity index (χ4v) is 3.26. The number of nitrogens with one attached hydrogen (secondary N) is 1. The molecule has 0 unspecified atom stereocenters. The number of benzene rings is 1. The number of rotatable bonds is 5. The van der Waals surface area contributed by atoms with Crippen molar-refractivity contribution in [2.24, 2.45) is 0 Å². The number of amides is 2. The molecule has 0 atom stereocenters. The fraction of sp³-hybridized carbons (Fsp3) is 0.368. The molecule has 2 heterocycles. The molecule has 0 saturated carbocycles. The van der Waals surface area contributed by atoms with Gasteiger partial charge in [-0.15, -0.1) is 0 Å². The molecule has 1 aromatic carbocycles. The van der Waals surface area contributed by atoms with E-state index in [1.807, 2.05) is 6.92 Å². The molecule has 6 nitrogen and oxygen atoms in total. The van der Waals surface area contributed by atoms with Crippen LogP contribution in [0, 0.1) is 0 Å². The Labute approximate surface area is 160 Å². The summed E-state index contributed by atoms with van der Waals surface area (Å²) in [5.41, 5.74) is 0.604. The largest absolute Gasteiger partial charge is 0.494 e. The van der Waals surface area contributed by atoms with Crippen LogP contribution in [0.5, 0.6) is 5.75 Å². The molecule has 1 aliphatic rings. The van der Waals surface area contributed by atoms with Crippen molar-refractivity contribution in [2.75, 3.05) is 19.7 Å². The molecule has 1 N–H and O–H groups in total. The molecule has 0 bridgehead atoms. The summed E-state index contributed by atoms with van der Waals surface area (Å²) in [5.74, 6) is 0.856. The number of carbonyl (C=O) groups is 2. The predicted octanol–water partition coefficient (Wildman–Crippen LogP) is 3.48. The molecule has 7 heteroatoms. The van der Waals surface area contributed by atoms with E-state index in [0.29, 0.717) is 35.7 Å². The third-order valence-electron chi connectivity index (χ3n) is 4.33. The summed E-state index contributed by atoms with van der Waals surface area (Å²) in [5, 5.41) is 3.04. The van der Waals surface area contributed by atoms with Crippen LogP contribution in [0.3, 0.4) is 0 Å². The van der Waals surface area contributed by atoms with Crippen molar-refractivity contribution in [1.29, 1.82) is 0 Å². The van der Waals surface area contributed by atoms with Crippen LogP contribution in [0.1, 0.15) is 40.7 Å². The smallest absolute Gasteiger partial charge is 0.289 e. The third-order valence-corrected chi connectivity index (χ3v) is 4.76. The monoisotopic (exact) mass is 420 g/mol. The average Bonchev–Trinajstić information content (AvgIpc) is 3.09. The van der Waals surface area contributed by atoms with Crippen molar-refractivity contribution in [3.05, 3.63) is 52.4 Å². The van der Waals surface area contributed by atoms with Gasteiger partial charge in [-0.3, -0.25) is 9.59 Å². The molecule has 26 heavy (non-hydrogen) atoms. The van der Waals surface area contributed by atoms with Crippen molar-refractivity contribution < 1.29 is 18.7 Å². The number of hydrogen-bond acceptors (Lipinski definition) is 4. The molecule has 2 amide bonds. The van der Waals surface area contributed by atoms with E-state index in [1.54, 1.807) is 41.3 Å². The van der Waals surface area contributed by atoms with Crippen molar-refractivity contribution in [1.82, 2.24) is 10.2 Å². The SMILES string of the molecule is CCOc1ccc(C(=O)NC2CCN(C(=O)c3ccc(Br)o3)CC2)cc1. The minimum Gasteiger partial charge on any atom is -0.494 e. The molecule has 1 aliphatic heterocycles. The lowest BCUT2D eigenvalue weighted by Crippen LogP contribution is -2.46. The Hall–Kier alpha value is -2.28. The van der Waals surface area contributed by atoms with Gasteiger partial charge < -0.3 is 19.4 Å². The minimum absolute atomic E-state index is 0.0569. The molecule has 1 aromatic heterocycles. The Morgan fingerprint density at radius 1 is 1.19 bits per heavy atom. The molecule has 0 radical (unpaired) electrons. The zero-order chi connectivity index (χ0) is 18.5. The Kier molecular flexibility index (Phi) is 5.98. The van der Waals surface area contributed by atoms with Crippen LogP contribution in [0.4, 0.5) is 0 Å². The van der Waals surface area contributed by atoms with Crippen molar-refractivity contribution in [3.8, 4) is 5.75 Å². The van der Waals surface area contributed by atoms with Crippen LogP contribution >= 0.6 is 15.9 Å². The first-order chi connectivity index (χ1) is 12.6. The van der Waals surface area contributed by atoms with Crippen LogP contribution in [0.2, 0.25) is 0 Å². The third kappa shape index (κ3) is 4.46. The summed E-state index contributed by atoms with van der Waals surface area (Å²) in [6.07, 6.45) is 1.44. The number of likely N-dealkylation sites (tertiary alicyclic amines) is 1. The first kappa shape index (κ1) is 18.5. The highest BCUT2D eigenvalue weighted by Crippen LogP contribution is 2.19. The van der Waals surface area contributed by atoms with Crippen LogP contribution in [0.15, 0.2) is 45.5 Å². The lowest BCUT2D eigenvalue weighted by molar-refractivity contribution is 0.0666. The van der Waals surface area contributed by atoms with Gasteiger partial charge in [0.05, 0.1) is 6.61 Å². The van der Waals surface area contributed by atoms with E-state index in [1.165, 1.54) is 0 Å². The number of hydrogen-bond donors (Lipinski definition) is 1. The summed E-state index contributed by atoms with van der Waals surface area (Å²) in [6.45, 7) is 3.69. The minimum atomic E-state index is -0.119. The van der Waals surface area contributed by atoms with Crippen molar-refractivity contribution in [3.63, 3.8) is 0 Å². The first-order valence-corrected chi connectivity index (χ1v) is 9.44. The number of furan rings is 1. The molecular formula is C19H21BrN2O4. The van der Waals surface area contributed by atoms with Gasteiger partial charge in [0.15, 0.2) is 10.4 Å². The predicted molar refractivity (Wildman–Crippen MR) is 100 cm³/mol. The number of carbonyl (C=O) groups excluding carboxylic acids is 2. The van der Waals surface area contributed by atoms with Gasteiger partial charge >= 0.3 is 0 Å².